The second-order valence-electron chi connectivity index (χ2n) is 4.05. The van der Waals surface area contributed by atoms with Gasteiger partial charge in [-0.05, 0) is 25.3 Å². The van der Waals surface area contributed by atoms with Crippen molar-refractivity contribution in [1.82, 2.24) is 5.32 Å². The van der Waals surface area contributed by atoms with Crippen LogP contribution in [-0.2, 0) is 4.79 Å². The largest absolute Gasteiger partial charge is 0.480 e. The van der Waals surface area contributed by atoms with Crippen LogP contribution in [0.2, 0.25) is 0 Å². The molecular weight excluding hydrogens is 230 g/mol. The van der Waals surface area contributed by atoms with Crippen LogP contribution >= 0.6 is 23.1 Å². The van der Waals surface area contributed by atoms with E-state index in [1.165, 1.54) is 4.88 Å². The Balaban J connectivity index is 2.19. The Morgan fingerprint density at radius 2 is 2.33 bits per heavy atom. The summed E-state index contributed by atoms with van der Waals surface area (Å²) in [5, 5.41) is 14.4. The number of aliphatic carboxylic acids is 1. The summed E-state index contributed by atoms with van der Waals surface area (Å²) in [6.07, 6.45) is 0. The number of carboxylic acid groups (broad SMARTS) is 1. The summed E-state index contributed by atoms with van der Waals surface area (Å²) < 4.78 is -0.263. The van der Waals surface area contributed by atoms with E-state index in [0.29, 0.717) is 0 Å². The molecule has 0 amide bonds. The van der Waals surface area contributed by atoms with Crippen LogP contribution in [0, 0.1) is 0 Å². The minimum atomic E-state index is -0.772. The van der Waals surface area contributed by atoms with Crippen LogP contribution in [0.3, 0.4) is 0 Å². The molecule has 15 heavy (non-hydrogen) atoms. The van der Waals surface area contributed by atoms with E-state index in [0.717, 1.165) is 0 Å². The molecule has 2 heterocycles. The van der Waals surface area contributed by atoms with Gasteiger partial charge in [0.1, 0.15) is 6.04 Å². The van der Waals surface area contributed by atoms with E-state index in [4.69, 9.17) is 5.11 Å². The Labute approximate surface area is 96.9 Å². The Kier molecular flexibility index (Phi) is 2.79. The average molecular weight is 243 g/mol. The van der Waals surface area contributed by atoms with Crippen LogP contribution < -0.4 is 5.32 Å². The highest BCUT2D eigenvalue weighted by Crippen LogP contribution is 2.46. The fourth-order valence-electron chi connectivity index (χ4n) is 1.71. The first-order valence-electron chi connectivity index (χ1n) is 4.71. The van der Waals surface area contributed by atoms with Crippen LogP contribution in [0.5, 0.6) is 0 Å². The van der Waals surface area contributed by atoms with Crippen molar-refractivity contribution in [1.29, 1.82) is 0 Å². The summed E-state index contributed by atoms with van der Waals surface area (Å²) in [6.45, 7) is 3.94. The lowest BCUT2D eigenvalue weighted by Gasteiger charge is -2.20. The molecule has 0 aliphatic carbocycles. The molecule has 0 spiro atoms. The van der Waals surface area contributed by atoms with E-state index in [2.05, 4.69) is 5.32 Å². The maximum Gasteiger partial charge on any atom is 0.322 e. The number of hydrogen-bond acceptors (Lipinski definition) is 4. The number of thiophene rings is 1. The van der Waals surface area contributed by atoms with Gasteiger partial charge in [0.05, 0.1) is 5.37 Å². The van der Waals surface area contributed by atoms with Crippen molar-refractivity contribution in [3.8, 4) is 0 Å². The first kappa shape index (κ1) is 11.0. The number of carbonyl (C=O) groups is 1. The monoisotopic (exact) mass is 243 g/mol. The highest BCUT2D eigenvalue weighted by molar-refractivity contribution is 8.01. The zero-order valence-electron chi connectivity index (χ0n) is 8.56. The van der Waals surface area contributed by atoms with Gasteiger partial charge in [-0.25, -0.2) is 0 Å². The van der Waals surface area contributed by atoms with Crippen molar-refractivity contribution in [2.24, 2.45) is 0 Å². The molecule has 0 aromatic carbocycles. The predicted molar refractivity (Wildman–Crippen MR) is 63.3 cm³/mol. The minimum Gasteiger partial charge on any atom is -0.480 e. The summed E-state index contributed by atoms with van der Waals surface area (Å²) in [7, 11) is 0. The Bertz CT molecular complexity index is 362. The molecule has 82 valence electrons. The van der Waals surface area contributed by atoms with E-state index in [1.54, 1.807) is 23.1 Å². The van der Waals surface area contributed by atoms with E-state index >= 15 is 0 Å². The molecule has 2 rings (SSSR count). The van der Waals surface area contributed by atoms with Gasteiger partial charge in [0, 0.05) is 9.62 Å². The van der Waals surface area contributed by atoms with Gasteiger partial charge in [0.2, 0.25) is 0 Å². The normalized spacial score (nSPS) is 29.2. The summed E-state index contributed by atoms with van der Waals surface area (Å²) in [4.78, 5) is 12.3. The lowest BCUT2D eigenvalue weighted by Crippen LogP contribution is -2.43. The smallest absolute Gasteiger partial charge is 0.322 e. The summed E-state index contributed by atoms with van der Waals surface area (Å²) in [5.74, 6) is -0.772. The zero-order chi connectivity index (χ0) is 11.1. The van der Waals surface area contributed by atoms with Crippen LogP contribution in [0.4, 0.5) is 0 Å². The fourth-order valence-corrected chi connectivity index (χ4v) is 3.99. The number of carboxylic acids is 1. The van der Waals surface area contributed by atoms with Crippen molar-refractivity contribution in [2.45, 2.75) is 30.0 Å². The Morgan fingerprint density at radius 1 is 1.60 bits per heavy atom. The Hall–Kier alpha value is -0.520. The average Bonchev–Trinajstić information content (AvgIpc) is 2.69. The number of nitrogens with one attached hydrogen (secondary N) is 1. The highest BCUT2D eigenvalue weighted by atomic mass is 32.2. The molecule has 0 saturated carbocycles. The number of rotatable bonds is 2. The summed E-state index contributed by atoms with van der Waals surface area (Å²) in [5.41, 5.74) is 0. The minimum absolute atomic E-state index is 0.112. The molecule has 0 radical (unpaired) electrons. The zero-order valence-corrected chi connectivity index (χ0v) is 10.2. The summed E-state index contributed by atoms with van der Waals surface area (Å²) in [6, 6.07) is 3.55. The fraction of sp³-hybridized carbons (Fsp3) is 0.500. The number of thioether (sulfide) groups is 1. The van der Waals surface area contributed by atoms with E-state index in [9.17, 15) is 4.79 Å². The molecule has 1 saturated heterocycles. The lowest BCUT2D eigenvalue weighted by molar-refractivity contribution is -0.139. The van der Waals surface area contributed by atoms with Crippen molar-refractivity contribution < 1.29 is 9.90 Å². The van der Waals surface area contributed by atoms with Crippen molar-refractivity contribution in [3.63, 3.8) is 0 Å². The van der Waals surface area contributed by atoms with Crippen LogP contribution in [-0.4, -0.2) is 21.9 Å². The van der Waals surface area contributed by atoms with Crippen LogP contribution in [0.15, 0.2) is 17.5 Å². The molecule has 2 atom stereocenters. The van der Waals surface area contributed by atoms with Crippen molar-refractivity contribution >= 4 is 29.1 Å². The molecule has 3 nitrogen and oxygen atoms in total. The molecule has 1 aromatic heterocycles. The first-order chi connectivity index (χ1) is 7.00. The second kappa shape index (κ2) is 3.81. The highest BCUT2D eigenvalue weighted by Gasteiger charge is 2.45. The molecule has 0 unspecified atom stereocenters. The molecule has 1 aliphatic rings. The van der Waals surface area contributed by atoms with Gasteiger partial charge >= 0.3 is 5.97 Å². The topological polar surface area (TPSA) is 49.3 Å². The molecule has 1 aliphatic heterocycles. The predicted octanol–water partition coefficient (Wildman–Crippen LogP) is 2.31. The molecule has 0 bridgehead atoms. The summed E-state index contributed by atoms with van der Waals surface area (Å²) >= 11 is 3.34. The van der Waals surface area contributed by atoms with E-state index < -0.39 is 12.0 Å². The number of hydrogen-bond donors (Lipinski definition) is 2. The van der Waals surface area contributed by atoms with Crippen molar-refractivity contribution in [3.05, 3.63) is 22.4 Å². The van der Waals surface area contributed by atoms with Crippen LogP contribution in [0.25, 0.3) is 0 Å². The third-order valence-corrected chi connectivity index (χ3v) is 5.04. The molecule has 1 fully saturated rings. The van der Waals surface area contributed by atoms with Gasteiger partial charge in [-0.1, -0.05) is 6.07 Å². The molecule has 1 aromatic rings. The lowest BCUT2D eigenvalue weighted by atomic mass is 10.0. The van der Waals surface area contributed by atoms with Gasteiger partial charge in [0.25, 0.3) is 0 Å². The van der Waals surface area contributed by atoms with E-state index in [-0.39, 0.29) is 10.1 Å². The van der Waals surface area contributed by atoms with Gasteiger partial charge in [-0.15, -0.1) is 23.1 Å². The maximum absolute atomic E-state index is 11.1. The molecule has 5 heteroatoms. The maximum atomic E-state index is 11.1. The standard InChI is InChI=1S/C10H13NO2S2/c1-10(2)7(9(12)13)11-8(15-10)6-4-3-5-14-6/h3-5,7-8,11H,1-2H3,(H,12,13)/t7-,8+/m1/s1. The quantitative estimate of drug-likeness (QED) is 0.837. The third-order valence-electron chi connectivity index (χ3n) is 2.48. The Morgan fingerprint density at radius 3 is 2.80 bits per heavy atom. The molecule has 2 N–H and O–H groups in total. The second-order valence-corrected chi connectivity index (χ2v) is 6.79. The molecular formula is C10H13NO2S2. The van der Waals surface area contributed by atoms with Gasteiger partial charge < -0.3 is 5.11 Å². The first-order valence-corrected chi connectivity index (χ1v) is 6.47. The SMILES string of the molecule is CC1(C)S[C@@H](c2cccs2)N[C@@H]1C(=O)O. The third kappa shape index (κ3) is 2.04. The van der Waals surface area contributed by atoms with Crippen LogP contribution in [0.1, 0.15) is 24.1 Å². The van der Waals surface area contributed by atoms with Crippen molar-refractivity contribution in [2.75, 3.05) is 0 Å². The van der Waals surface area contributed by atoms with E-state index in [1.807, 2.05) is 31.4 Å². The van der Waals surface area contributed by atoms with Gasteiger partial charge in [0.15, 0.2) is 0 Å². The van der Waals surface area contributed by atoms with Gasteiger partial charge in [-0.2, -0.15) is 0 Å². The van der Waals surface area contributed by atoms with Gasteiger partial charge in [-0.3, -0.25) is 10.1 Å².